The number of nitrogens with zero attached hydrogens (tertiary/aromatic N) is 2. The van der Waals surface area contributed by atoms with E-state index >= 15 is 0 Å². The maximum atomic E-state index is 2.77. The summed E-state index contributed by atoms with van der Waals surface area (Å²) >= 11 is 0. The van der Waals surface area contributed by atoms with Crippen molar-refractivity contribution in [2.75, 3.05) is 4.90 Å². The van der Waals surface area contributed by atoms with E-state index in [1.54, 1.807) is 22.3 Å². The van der Waals surface area contributed by atoms with Crippen LogP contribution in [-0.4, -0.2) is 4.57 Å². The molecule has 8 aromatic rings. The van der Waals surface area contributed by atoms with E-state index in [0.29, 0.717) is 17.9 Å². The van der Waals surface area contributed by atoms with Crippen LogP contribution in [0.5, 0.6) is 0 Å². The van der Waals surface area contributed by atoms with E-state index < -0.39 is 0 Å². The zero-order valence-electron chi connectivity index (χ0n) is 51.4. The molecule has 1 heterocycles. The number of aromatic nitrogens is 1. The Morgan fingerprint density at radius 3 is 1.53 bits per heavy atom. The molecule has 2 heteroatoms. The molecule has 0 atom stereocenters. The number of rotatable bonds is 9. The first-order chi connectivity index (χ1) is 39.0. The van der Waals surface area contributed by atoms with Crippen molar-refractivity contribution in [2.45, 2.75) is 238 Å². The summed E-state index contributed by atoms with van der Waals surface area (Å²) in [7, 11) is 0. The smallest absolute Gasteiger partial charge is 0.0497 e. The van der Waals surface area contributed by atoms with Crippen LogP contribution in [0.25, 0.3) is 55.2 Å². The van der Waals surface area contributed by atoms with Gasteiger partial charge in [-0.1, -0.05) is 199 Å². The Kier molecular flexibility index (Phi) is 14.4. The van der Waals surface area contributed by atoms with Gasteiger partial charge >= 0.3 is 0 Å². The Morgan fingerprint density at radius 2 is 0.938 bits per heavy atom. The molecule has 7 aromatic carbocycles. The summed E-state index contributed by atoms with van der Waals surface area (Å²) in [6.07, 6.45) is 27.0. The minimum absolute atomic E-state index is 0.0709. The molecule has 81 heavy (non-hydrogen) atoms. The molecule has 420 valence electrons. The van der Waals surface area contributed by atoms with E-state index in [9.17, 15) is 0 Å². The molecule has 0 bridgehead atoms. The summed E-state index contributed by atoms with van der Waals surface area (Å²) in [5, 5.41) is 2.85. The van der Waals surface area contributed by atoms with Crippen LogP contribution < -0.4 is 4.90 Å². The van der Waals surface area contributed by atoms with Gasteiger partial charge in [-0.2, -0.15) is 0 Å². The van der Waals surface area contributed by atoms with Crippen LogP contribution >= 0.6 is 0 Å². The van der Waals surface area contributed by atoms with Gasteiger partial charge in [-0.3, -0.25) is 0 Å². The number of aryl methyl sites for hydroxylation is 2. The molecular weight excluding hydrogens is 977 g/mol. The molecule has 0 aliphatic heterocycles. The predicted octanol–water partition coefficient (Wildman–Crippen LogP) is 23.8. The molecule has 1 aromatic heterocycles. The molecule has 2 nitrogen and oxygen atoms in total. The number of benzene rings is 7. The molecular formula is C79H94N2. The monoisotopic (exact) mass is 1070 g/mol. The van der Waals surface area contributed by atoms with Crippen LogP contribution in [-0.2, 0) is 16.2 Å². The van der Waals surface area contributed by atoms with E-state index in [1.807, 2.05) is 0 Å². The van der Waals surface area contributed by atoms with Crippen LogP contribution in [0.1, 0.15) is 258 Å². The highest BCUT2D eigenvalue weighted by Crippen LogP contribution is 2.54. The SMILES string of the molecule is Cc1cc(N(c2ccc(-c3c(C4CCCCC4)cc(C4CCCCC4)cc3C3CCCCC3)cc2)c2ccc3c(c2)C(C)(C)c2ccc(C(C)(C)C)cc2-3)ccc1-c1ccc2c(c1C)c1cc(C(C)(C)C)ccc1n2C1CCCCC1. The molecule has 0 N–H and O–H groups in total. The lowest BCUT2D eigenvalue weighted by molar-refractivity contribution is 0.367. The highest BCUT2D eigenvalue weighted by Gasteiger charge is 2.37. The van der Waals surface area contributed by atoms with Gasteiger partial charge in [0.15, 0.2) is 0 Å². The summed E-state index contributed by atoms with van der Waals surface area (Å²) in [6, 6.07) is 50.5. The molecule has 13 rings (SSSR count). The molecule has 0 radical (unpaired) electrons. The summed E-state index contributed by atoms with van der Waals surface area (Å²) in [6.45, 7) is 23.8. The number of hydrogen-bond donors (Lipinski definition) is 0. The summed E-state index contributed by atoms with van der Waals surface area (Å²) in [4.78, 5) is 2.58. The van der Waals surface area contributed by atoms with Crippen molar-refractivity contribution in [3.8, 4) is 33.4 Å². The van der Waals surface area contributed by atoms with Gasteiger partial charge < -0.3 is 9.47 Å². The first-order valence-electron chi connectivity index (χ1n) is 32.6. The van der Waals surface area contributed by atoms with Crippen molar-refractivity contribution in [3.05, 3.63) is 171 Å². The Balaban J connectivity index is 0.952. The lowest BCUT2D eigenvalue weighted by Gasteiger charge is -2.33. The zero-order chi connectivity index (χ0) is 56.0. The van der Waals surface area contributed by atoms with Crippen LogP contribution in [0.2, 0.25) is 0 Å². The minimum atomic E-state index is -0.134. The molecule has 5 aliphatic rings. The van der Waals surface area contributed by atoms with Gasteiger partial charge in [-0.05, 0) is 232 Å². The van der Waals surface area contributed by atoms with Crippen molar-refractivity contribution < 1.29 is 0 Å². The summed E-state index contributed by atoms with van der Waals surface area (Å²) in [5.41, 5.74) is 28.3. The molecule has 0 amide bonds. The second-order valence-corrected chi connectivity index (χ2v) is 29.1. The maximum Gasteiger partial charge on any atom is 0.0497 e. The number of hydrogen-bond acceptors (Lipinski definition) is 1. The van der Waals surface area contributed by atoms with Crippen LogP contribution in [0.4, 0.5) is 17.1 Å². The van der Waals surface area contributed by atoms with Crippen molar-refractivity contribution in [2.24, 2.45) is 0 Å². The Bertz CT molecular complexity index is 3590. The van der Waals surface area contributed by atoms with Crippen molar-refractivity contribution in [1.82, 2.24) is 4.57 Å². The standard InChI is InChI=1S/C79H94N2/c1-51-45-62(37-39-64(51)65-41-44-74-75(52(65)2)70-49-59(78(6,7)8)34-43-73(70)81(74)60-29-21-14-22-30-60)80(63-38-40-66-69-48-58(77(3,4)5)33-42-71(69)79(9,10)72(66)50-63)61-35-31-56(32-36-61)76-67(54-25-17-12-18-26-54)46-57(53-23-15-11-16-24-53)47-68(76)55-27-19-13-20-28-55/h31-50,53-55,60H,11-30H2,1-10H3. The van der Waals surface area contributed by atoms with Gasteiger partial charge in [0.25, 0.3) is 0 Å². The average Bonchev–Trinajstić information content (AvgIpc) is 3.42. The third-order valence-corrected chi connectivity index (χ3v) is 21.4. The normalized spacial score (nSPS) is 18.6. The van der Waals surface area contributed by atoms with Crippen LogP contribution in [0, 0.1) is 13.8 Å². The predicted molar refractivity (Wildman–Crippen MR) is 349 cm³/mol. The fraction of sp³-hybridized carbons (Fsp3) is 0.468. The number of anilines is 3. The topological polar surface area (TPSA) is 8.17 Å². The molecule has 4 fully saturated rings. The van der Waals surface area contributed by atoms with Crippen LogP contribution in [0.3, 0.4) is 0 Å². The Hall–Kier alpha value is -5.86. The van der Waals surface area contributed by atoms with Crippen LogP contribution in [0.15, 0.2) is 121 Å². The lowest BCUT2D eigenvalue weighted by atomic mass is 9.72. The van der Waals surface area contributed by atoms with E-state index in [-0.39, 0.29) is 16.2 Å². The van der Waals surface area contributed by atoms with E-state index in [1.165, 1.54) is 228 Å². The third kappa shape index (κ3) is 9.93. The molecule has 4 saturated carbocycles. The van der Waals surface area contributed by atoms with Gasteiger partial charge in [0.1, 0.15) is 0 Å². The van der Waals surface area contributed by atoms with E-state index in [2.05, 4.69) is 200 Å². The molecule has 0 unspecified atom stereocenters. The third-order valence-electron chi connectivity index (χ3n) is 21.4. The fourth-order valence-electron chi connectivity index (χ4n) is 16.7. The molecule has 5 aliphatic carbocycles. The van der Waals surface area contributed by atoms with Crippen molar-refractivity contribution in [3.63, 3.8) is 0 Å². The highest BCUT2D eigenvalue weighted by molar-refractivity contribution is 6.12. The first kappa shape index (κ1) is 54.4. The minimum Gasteiger partial charge on any atom is -0.337 e. The Morgan fingerprint density at radius 1 is 0.432 bits per heavy atom. The largest absolute Gasteiger partial charge is 0.337 e. The highest BCUT2D eigenvalue weighted by atomic mass is 15.1. The zero-order valence-corrected chi connectivity index (χ0v) is 51.4. The Labute approximate surface area is 488 Å². The van der Waals surface area contributed by atoms with E-state index in [4.69, 9.17) is 0 Å². The lowest BCUT2D eigenvalue weighted by Crippen LogP contribution is -2.17. The summed E-state index contributed by atoms with van der Waals surface area (Å²) < 4.78 is 2.74. The second kappa shape index (κ2) is 21.4. The quantitative estimate of drug-likeness (QED) is 0.140. The number of fused-ring (bicyclic) bond motifs is 6. The first-order valence-corrected chi connectivity index (χ1v) is 32.6. The summed E-state index contributed by atoms with van der Waals surface area (Å²) in [5.74, 6) is 2.02. The van der Waals surface area contributed by atoms with Crippen molar-refractivity contribution in [1.29, 1.82) is 0 Å². The maximum absolute atomic E-state index is 2.77. The molecule has 0 spiro atoms. The van der Waals surface area contributed by atoms with Gasteiger partial charge in [-0.15, -0.1) is 0 Å². The van der Waals surface area contributed by atoms with Gasteiger partial charge in [0.2, 0.25) is 0 Å². The van der Waals surface area contributed by atoms with Gasteiger partial charge in [-0.25, -0.2) is 0 Å². The van der Waals surface area contributed by atoms with E-state index in [0.717, 1.165) is 5.92 Å². The molecule has 0 saturated heterocycles. The fourth-order valence-corrected chi connectivity index (χ4v) is 16.7. The second-order valence-electron chi connectivity index (χ2n) is 29.1. The van der Waals surface area contributed by atoms with Gasteiger partial charge in [0, 0.05) is 50.3 Å². The van der Waals surface area contributed by atoms with Crippen molar-refractivity contribution >= 4 is 38.9 Å². The average molecular weight is 1070 g/mol. The van der Waals surface area contributed by atoms with Gasteiger partial charge in [0.05, 0.1) is 0 Å².